The third-order valence-electron chi connectivity index (χ3n) is 3.08. The summed E-state index contributed by atoms with van der Waals surface area (Å²) < 4.78 is 15.8. The molecule has 0 atom stereocenters. The lowest BCUT2D eigenvalue weighted by molar-refractivity contribution is 0.630. The number of aromatic nitrogens is 2. The molecule has 0 bridgehead atoms. The molecule has 0 radical (unpaired) electrons. The van der Waals surface area contributed by atoms with Crippen LogP contribution in [0.4, 0.5) is 4.39 Å². The molecule has 0 fully saturated rings. The van der Waals surface area contributed by atoms with Crippen LogP contribution in [0.15, 0.2) is 42.6 Å². The second-order valence-electron chi connectivity index (χ2n) is 4.46. The normalized spacial score (nSPS) is 11.1. The molecule has 3 aromatic rings. The summed E-state index contributed by atoms with van der Waals surface area (Å²) >= 11 is 0. The molecule has 0 aliphatic carbocycles. The minimum Gasteiger partial charge on any atom is -0.299 e. The van der Waals surface area contributed by atoms with Gasteiger partial charge in [-0.3, -0.25) is 4.40 Å². The van der Waals surface area contributed by atoms with E-state index in [1.807, 2.05) is 42.6 Å². The van der Waals surface area contributed by atoms with Crippen molar-refractivity contribution in [1.82, 2.24) is 9.38 Å². The van der Waals surface area contributed by atoms with E-state index in [1.165, 1.54) is 6.07 Å². The SMILES string of the molecule is Cc1ccn2c(-c3ccccc3F)c(C)nc2c1. The molecule has 3 rings (SSSR count). The quantitative estimate of drug-likeness (QED) is 0.633. The maximum Gasteiger partial charge on any atom is 0.137 e. The summed E-state index contributed by atoms with van der Waals surface area (Å²) in [6.07, 6.45) is 1.94. The second-order valence-corrected chi connectivity index (χ2v) is 4.46. The second kappa shape index (κ2) is 3.95. The largest absolute Gasteiger partial charge is 0.299 e. The van der Waals surface area contributed by atoms with Gasteiger partial charge in [0.2, 0.25) is 0 Å². The van der Waals surface area contributed by atoms with Gasteiger partial charge >= 0.3 is 0 Å². The number of aryl methyl sites for hydroxylation is 2. The Morgan fingerprint density at radius 1 is 1.11 bits per heavy atom. The van der Waals surface area contributed by atoms with E-state index in [9.17, 15) is 4.39 Å². The summed E-state index contributed by atoms with van der Waals surface area (Å²) in [6.45, 7) is 3.93. The van der Waals surface area contributed by atoms with E-state index in [2.05, 4.69) is 4.98 Å². The van der Waals surface area contributed by atoms with Crippen LogP contribution in [-0.4, -0.2) is 9.38 Å². The Bertz CT molecular complexity index is 728. The van der Waals surface area contributed by atoms with Crippen molar-refractivity contribution in [3.63, 3.8) is 0 Å². The monoisotopic (exact) mass is 240 g/mol. The fourth-order valence-electron chi connectivity index (χ4n) is 2.24. The van der Waals surface area contributed by atoms with Gasteiger partial charge in [0.15, 0.2) is 0 Å². The van der Waals surface area contributed by atoms with E-state index >= 15 is 0 Å². The first-order valence-electron chi connectivity index (χ1n) is 5.87. The van der Waals surface area contributed by atoms with Gasteiger partial charge in [-0.2, -0.15) is 0 Å². The van der Waals surface area contributed by atoms with Crippen LogP contribution in [-0.2, 0) is 0 Å². The van der Waals surface area contributed by atoms with Crippen molar-refractivity contribution in [3.05, 3.63) is 59.7 Å². The van der Waals surface area contributed by atoms with Crippen molar-refractivity contribution in [3.8, 4) is 11.3 Å². The molecule has 3 heteroatoms. The van der Waals surface area contributed by atoms with E-state index < -0.39 is 0 Å². The van der Waals surface area contributed by atoms with E-state index in [4.69, 9.17) is 0 Å². The predicted molar refractivity (Wildman–Crippen MR) is 70.1 cm³/mol. The Labute approximate surface area is 105 Å². The summed E-state index contributed by atoms with van der Waals surface area (Å²) in [4.78, 5) is 4.49. The molecule has 0 amide bonds. The van der Waals surface area contributed by atoms with Crippen molar-refractivity contribution in [1.29, 1.82) is 0 Å². The number of fused-ring (bicyclic) bond motifs is 1. The molecule has 0 spiro atoms. The fourth-order valence-corrected chi connectivity index (χ4v) is 2.24. The third kappa shape index (κ3) is 1.59. The molecule has 18 heavy (non-hydrogen) atoms. The van der Waals surface area contributed by atoms with Crippen LogP contribution in [0.5, 0.6) is 0 Å². The van der Waals surface area contributed by atoms with Gasteiger partial charge in [-0.15, -0.1) is 0 Å². The van der Waals surface area contributed by atoms with Crippen molar-refractivity contribution in [2.45, 2.75) is 13.8 Å². The van der Waals surface area contributed by atoms with Crippen LogP contribution in [0.3, 0.4) is 0 Å². The van der Waals surface area contributed by atoms with Crippen molar-refractivity contribution in [2.24, 2.45) is 0 Å². The number of pyridine rings is 1. The van der Waals surface area contributed by atoms with Crippen molar-refractivity contribution in [2.75, 3.05) is 0 Å². The smallest absolute Gasteiger partial charge is 0.137 e. The molecule has 0 aliphatic rings. The number of nitrogens with zero attached hydrogens (tertiary/aromatic N) is 2. The number of hydrogen-bond donors (Lipinski definition) is 0. The van der Waals surface area contributed by atoms with Crippen molar-refractivity contribution >= 4 is 5.65 Å². The Morgan fingerprint density at radius 3 is 2.67 bits per heavy atom. The van der Waals surface area contributed by atoms with Gasteiger partial charge in [-0.25, -0.2) is 9.37 Å². The maximum atomic E-state index is 13.9. The number of halogens is 1. The summed E-state index contributed by atoms with van der Waals surface area (Å²) in [5.41, 5.74) is 4.25. The summed E-state index contributed by atoms with van der Waals surface area (Å²) in [6, 6.07) is 10.8. The number of imidazole rings is 1. The molecule has 0 aliphatic heterocycles. The first-order chi connectivity index (χ1) is 8.66. The lowest BCUT2D eigenvalue weighted by atomic mass is 10.1. The molecular formula is C15H13FN2. The standard InChI is InChI=1S/C15H13FN2/c1-10-7-8-18-14(9-10)17-11(2)15(18)12-5-3-4-6-13(12)16/h3-9H,1-2H3. The van der Waals surface area contributed by atoms with Gasteiger partial charge in [0.05, 0.1) is 11.4 Å². The van der Waals surface area contributed by atoms with E-state index in [-0.39, 0.29) is 5.82 Å². The average Bonchev–Trinajstić information content (AvgIpc) is 2.65. The van der Waals surface area contributed by atoms with Crippen LogP contribution < -0.4 is 0 Å². The van der Waals surface area contributed by atoms with Crippen molar-refractivity contribution < 1.29 is 4.39 Å². The highest BCUT2D eigenvalue weighted by Crippen LogP contribution is 2.27. The molecule has 2 nitrogen and oxygen atoms in total. The Morgan fingerprint density at radius 2 is 1.89 bits per heavy atom. The van der Waals surface area contributed by atoms with Crippen LogP contribution in [0.25, 0.3) is 16.9 Å². The lowest BCUT2D eigenvalue weighted by Crippen LogP contribution is -1.92. The molecule has 2 heterocycles. The Kier molecular flexibility index (Phi) is 2.40. The molecule has 0 saturated heterocycles. The van der Waals surface area contributed by atoms with E-state index in [0.29, 0.717) is 5.56 Å². The minimum absolute atomic E-state index is 0.219. The Hall–Kier alpha value is -2.16. The topological polar surface area (TPSA) is 17.3 Å². The summed E-state index contributed by atoms with van der Waals surface area (Å²) in [5, 5.41) is 0. The van der Waals surface area contributed by atoms with E-state index in [1.54, 1.807) is 12.1 Å². The first-order valence-corrected chi connectivity index (χ1v) is 5.87. The molecule has 0 saturated carbocycles. The molecule has 2 aromatic heterocycles. The highest BCUT2D eigenvalue weighted by Gasteiger charge is 2.13. The zero-order valence-corrected chi connectivity index (χ0v) is 10.3. The van der Waals surface area contributed by atoms with Gasteiger partial charge in [0.1, 0.15) is 11.5 Å². The first kappa shape index (κ1) is 11.0. The highest BCUT2D eigenvalue weighted by molar-refractivity contribution is 5.67. The highest BCUT2D eigenvalue weighted by atomic mass is 19.1. The van der Waals surface area contributed by atoms with Gasteiger partial charge in [-0.1, -0.05) is 12.1 Å². The summed E-state index contributed by atoms with van der Waals surface area (Å²) in [7, 11) is 0. The number of hydrogen-bond acceptors (Lipinski definition) is 1. The van der Waals surface area contributed by atoms with Crippen LogP contribution >= 0.6 is 0 Å². The van der Waals surface area contributed by atoms with Gasteiger partial charge in [0, 0.05) is 11.8 Å². The molecular weight excluding hydrogens is 227 g/mol. The van der Waals surface area contributed by atoms with Gasteiger partial charge < -0.3 is 0 Å². The van der Waals surface area contributed by atoms with Crippen LogP contribution in [0.2, 0.25) is 0 Å². The molecule has 1 aromatic carbocycles. The molecule has 90 valence electrons. The Balaban J connectivity index is 2.36. The molecule has 0 unspecified atom stereocenters. The van der Waals surface area contributed by atoms with Gasteiger partial charge in [-0.05, 0) is 43.7 Å². The van der Waals surface area contributed by atoms with E-state index in [0.717, 1.165) is 22.6 Å². The zero-order chi connectivity index (χ0) is 12.7. The minimum atomic E-state index is -0.219. The number of rotatable bonds is 1. The predicted octanol–water partition coefficient (Wildman–Crippen LogP) is 3.76. The average molecular weight is 240 g/mol. The fraction of sp³-hybridized carbons (Fsp3) is 0.133. The number of benzene rings is 1. The lowest BCUT2D eigenvalue weighted by Gasteiger charge is -2.05. The molecule has 0 N–H and O–H groups in total. The third-order valence-corrected chi connectivity index (χ3v) is 3.08. The zero-order valence-electron chi connectivity index (χ0n) is 10.3. The summed E-state index contributed by atoms with van der Waals surface area (Å²) in [5.74, 6) is -0.219. The maximum absolute atomic E-state index is 13.9. The van der Waals surface area contributed by atoms with Crippen LogP contribution in [0, 0.1) is 19.7 Å². The van der Waals surface area contributed by atoms with Gasteiger partial charge in [0.25, 0.3) is 0 Å². The van der Waals surface area contributed by atoms with Crippen LogP contribution in [0.1, 0.15) is 11.3 Å².